The average molecular weight is 195 g/mol. The van der Waals surface area contributed by atoms with E-state index in [4.69, 9.17) is 11.6 Å². The number of halogens is 1. The van der Waals surface area contributed by atoms with Gasteiger partial charge in [0.05, 0.1) is 0 Å². The molecule has 0 bridgehead atoms. The molecular weight excluding hydrogens is 180 g/mol. The van der Waals surface area contributed by atoms with Crippen LogP contribution in [0.3, 0.4) is 0 Å². The lowest BCUT2D eigenvalue weighted by atomic mass is 9.80. The van der Waals surface area contributed by atoms with Crippen LogP contribution < -0.4 is 0 Å². The maximum atomic E-state index is 5.68. The molecule has 2 rings (SSSR count). The zero-order valence-electron chi connectivity index (χ0n) is 7.80. The summed E-state index contributed by atoms with van der Waals surface area (Å²) in [5.74, 6) is 1.58. The van der Waals surface area contributed by atoms with Crippen molar-refractivity contribution in [3.05, 3.63) is 35.4 Å². The summed E-state index contributed by atoms with van der Waals surface area (Å²) in [5, 5.41) is 0. The Morgan fingerprint density at radius 2 is 1.85 bits per heavy atom. The Morgan fingerprint density at radius 3 is 2.31 bits per heavy atom. The highest BCUT2D eigenvalue weighted by Crippen LogP contribution is 2.36. The summed E-state index contributed by atoms with van der Waals surface area (Å²) >= 11 is 5.68. The first-order chi connectivity index (χ1) is 6.40. The van der Waals surface area contributed by atoms with Gasteiger partial charge in [0.1, 0.15) is 0 Å². The number of rotatable bonds is 3. The first-order valence-corrected chi connectivity index (χ1v) is 5.58. The van der Waals surface area contributed by atoms with Gasteiger partial charge in [-0.2, -0.15) is 0 Å². The molecular formula is C12H15Cl. The van der Waals surface area contributed by atoms with Gasteiger partial charge in [0.25, 0.3) is 0 Å². The monoisotopic (exact) mass is 194 g/mol. The molecule has 0 spiro atoms. The minimum absolute atomic E-state index is 0.725. The van der Waals surface area contributed by atoms with Crippen molar-refractivity contribution in [1.82, 2.24) is 0 Å². The molecule has 1 heteroatoms. The van der Waals surface area contributed by atoms with Crippen LogP contribution in [0.5, 0.6) is 0 Å². The molecule has 1 aromatic carbocycles. The third-order valence-corrected chi connectivity index (χ3v) is 3.13. The fraction of sp³-hybridized carbons (Fsp3) is 0.500. The van der Waals surface area contributed by atoms with Crippen molar-refractivity contribution < 1.29 is 0 Å². The average Bonchev–Trinajstić information content (AvgIpc) is 2.06. The highest BCUT2D eigenvalue weighted by Gasteiger charge is 2.18. The van der Waals surface area contributed by atoms with E-state index in [0.29, 0.717) is 0 Å². The second-order valence-electron chi connectivity index (χ2n) is 3.81. The van der Waals surface area contributed by atoms with Gasteiger partial charge in [-0.15, -0.1) is 11.6 Å². The second-order valence-corrected chi connectivity index (χ2v) is 4.19. The van der Waals surface area contributed by atoms with E-state index in [9.17, 15) is 0 Å². The summed E-state index contributed by atoms with van der Waals surface area (Å²) in [4.78, 5) is 0. The molecule has 0 saturated heterocycles. The molecule has 0 aliphatic heterocycles. The minimum atomic E-state index is 0.725. The Kier molecular flexibility index (Phi) is 2.90. The largest absolute Gasteiger partial charge is 0.126 e. The van der Waals surface area contributed by atoms with Crippen LogP contribution in [0.15, 0.2) is 24.3 Å². The van der Waals surface area contributed by atoms with Crippen LogP contribution in [0.4, 0.5) is 0 Å². The standard InChI is InChI=1S/C12H15Cl/c13-9-8-10-4-6-12(7-5-10)11-2-1-3-11/h4-7,11H,1-3,8-9H2. The van der Waals surface area contributed by atoms with Gasteiger partial charge in [-0.1, -0.05) is 30.7 Å². The van der Waals surface area contributed by atoms with Crippen molar-refractivity contribution in [3.63, 3.8) is 0 Å². The summed E-state index contributed by atoms with van der Waals surface area (Å²) in [6.45, 7) is 0. The lowest BCUT2D eigenvalue weighted by Gasteiger charge is -2.25. The highest BCUT2D eigenvalue weighted by molar-refractivity contribution is 6.17. The van der Waals surface area contributed by atoms with E-state index in [-0.39, 0.29) is 0 Å². The van der Waals surface area contributed by atoms with E-state index in [0.717, 1.165) is 18.2 Å². The van der Waals surface area contributed by atoms with E-state index in [2.05, 4.69) is 24.3 Å². The van der Waals surface area contributed by atoms with E-state index in [1.807, 2.05) is 0 Å². The maximum Gasteiger partial charge on any atom is 0.0263 e. The van der Waals surface area contributed by atoms with Gasteiger partial charge in [0.2, 0.25) is 0 Å². The van der Waals surface area contributed by atoms with Gasteiger partial charge < -0.3 is 0 Å². The van der Waals surface area contributed by atoms with Gasteiger partial charge in [-0.25, -0.2) is 0 Å². The molecule has 1 aliphatic carbocycles. The third-order valence-electron chi connectivity index (χ3n) is 2.94. The van der Waals surface area contributed by atoms with Crippen molar-refractivity contribution >= 4 is 11.6 Å². The third kappa shape index (κ3) is 2.05. The van der Waals surface area contributed by atoms with Gasteiger partial charge in [-0.3, -0.25) is 0 Å². The quantitative estimate of drug-likeness (QED) is 0.644. The smallest absolute Gasteiger partial charge is 0.0263 e. The summed E-state index contributed by atoms with van der Waals surface area (Å²) in [7, 11) is 0. The van der Waals surface area contributed by atoms with Gasteiger partial charge >= 0.3 is 0 Å². The van der Waals surface area contributed by atoms with Crippen LogP contribution in [0.2, 0.25) is 0 Å². The molecule has 0 nitrogen and oxygen atoms in total. The second kappa shape index (κ2) is 4.15. The van der Waals surface area contributed by atoms with Crippen LogP contribution in [0.1, 0.15) is 36.3 Å². The molecule has 70 valence electrons. The first-order valence-electron chi connectivity index (χ1n) is 5.05. The van der Waals surface area contributed by atoms with Crippen LogP contribution in [0.25, 0.3) is 0 Å². The van der Waals surface area contributed by atoms with Crippen LogP contribution >= 0.6 is 11.6 Å². The van der Waals surface area contributed by atoms with E-state index >= 15 is 0 Å². The molecule has 0 heterocycles. The topological polar surface area (TPSA) is 0 Å². The molecule has 1 fully saturated rings. The molecule has 1 aromatic rings. The molecule has 0 unspecified atom stereocenters. The van der Waals surface area contributed by atoms with Crippen LogP contribution in [-0.4, -0.2) is 5.88 Å². The predicted molar refractivity (Wildman–Crippen MR) is 57.5 cm³/mol. The zero-order valence-corrected chi connectivity index (χ0v) is 8.56. The SMILES string of the molecule is ClCCc1ccc(C2CCC2)cc1. The zero-order chi connectivity index (χ0) is 9.10. The number of hydrogen-bond acceptors (Lipinski definition) is 0. The first kappa shape index (κ1) is 9.08. The highest BCUT2D eigenvalue weighted by atomic mass is 35.5. The summed E-state index contributed by atoms with van der Waals surface area (Å²) < 4.78 is 0. The number of alkyl halides is 1. The molecule has 0 amide bonds. The summed E-state index contributed by atoms with van der Waals surface area (Å²) in [5.41, 5.74) is 2.88. The lowest BCUT2D eigenvalue weighted by molar-refractivity contribution is 0.419. The number of hydrogen-bond donors (Lipinski definition) is 0. The Balaban J connectivity index is 2.04. The Labute approximate surface area is 84.9 Å². The van der Waals surface area contributed by atoms with Gasteiger partial charge in [0, 0.05) is 5.88 Å². The van der Waals surface area contributed by atoms with Crippen molar-refractivity contribution in [1.29, 1.82) is 0 Å². The van der Waals surface area contributed by atoms with Gasteiger partial charge in [0.15, 0.2) is 0 Å². The van der Waals surface area contributed by atoms with Crippen molar-refractivity contribution in [2.45, 2.75) is 31.6 Å². The van der Waals surface area contributed by atoms with Crippen molar-refractivity contribution in [2.24, 2.45) is 0 Å². The minimum Gasteiger partial charge on any atom is -0.126 e. The molecule has 13 heavy (non-hydrogen) atoms. The van der Waals surface area contributed by atoms with E-state index < -0.39 is 0 Å². The fourth-order valence-electron chi connectivity index (χ4n) is 1.81. The number of aryl methyl sites for hydroxylation is 1. The molecule has 1 saturated carbocycles. The molecule has 0 atom stereocenters. The van der Waals surface area contributed by atoms with Gasteiger partial charge in [-0.05, 0) is 36.3 Å². The van der Waals surface area contributed by atoms with Crippen molar-refractivity contribution in [2.75, 3.05) is 5.88 Å². The Hall–Kier alpha value is -0.490. The molecule has 0 aromatic heterocycles. The van der Waals surface area contributed by atoms with E-state index in [1.54, 1.807) is 0 Å². The normalized spacial score (nSPS) is 17.0. The maximum absolute atomic E-state index is 5.68. The van der Waals surface area contributed by atoms with Crippen molar-refractivity contribution in [3.8, 4) is 0 Å². The Bertz CT molecular complexity index is 259. The van der Waals surface area contributed by atoms with E-state index in [1.165, 1.54) is 30.4 Å². The molecule has 1 aliphatic rings. The molecule has 0 radical (unpaired) electrons. The summed E-state index contributed by atoms with van der Waals surface area (Å²) in [6, 6.07) is 8.98. The van der Waals surface area contributed by atoms with Crippen LogP contribution in [0, 0.1) is 0 Å². The summed E-state index contributed by atoms with van der Waals surface area (Å²) in [6.07, 6.45) is 5.17. The van der Waals surface area contributed by atoms with Crippen LogP contribution in [-0.2, 0) is 6.42 Å². The number of benzene rings is 1. The lowest BCUT2D eigenvalue weighted by Crippen LogP contribution is -2.08. The molecule has 0 N–H and O–H groups in total. The Morgan fingerprint density at radius 1 is 1.15 bits per heavy atom. The predicted octanol–water partition coefficient (Wildman–Crippen LogP) is 3.74. The fourth-order valence-corrected chi connectivity index (χ4v) is 2.03.